The molecule has 3 heterocycles. The molecule has 1 amide bonds. The van der Waals surface area contributed by atoms with Crippen molar-refractivity contribution in [2.45, 2.75) is 38.8 Å². The molecule has 0 spiro atoms. The highest BCUT2D eigenvalue weighted by Gasteiger charge is 2.21. The molecule has 132 valence electrons. The molecule has 0 aliphatic carbocycles. The molecule has 0 unspecified atom stereocenters. The Kier molecular flexibility index (Phi) is 4.91. The van der Waals surface area contributed by atoms with E-state index < -0.39 is 5.60 Å². The van der Waals surface area contributed by atoms with E-state index in [0.717, 1.165) is 12.8 Å². The van der Waals surface area contributed by atoms with Gasteiger partial charge in [-0.1, -0.05) is 6.08 Å². The van der Waals surface area contributed by atoms with E-state index in [9.17, 15) is 9.90 Å². The summed E-state index contributed by atoms with van der Waals surface area (Å²) in [6, 6.07) is 3.24. The number of carbonyl (C=O) groups is 1. The number of nitrogens with one attached hydrogen (secondary N) is 1. The van der Waals surface area contributed by atoms with Crippen LogP contribution in [0.5, 0.6) is 0 Å². The molecule has 7 nitrogen and oxygen atoms in total. The SMILES string of the molecule is CC(C)(O)Cn1cc(NC(=O)c2ccc(Br)o2)c(C2=CCCC=N2)n1. The molecule has 2 aromatic rings. The van der Waals surface area contributed by atoms with Gasteiger partial charge in [-0.15, -0.1) is 0 Å². The largest absolute Gasteiger partial charge is 0.444 e. The molecule has 0 radical (unpaired) electrons. The maximum absolute atomic E-state index is 12.4. The van der Waals surface area contributed by atoms with Crippen LogP contribution in [0, 0.1) is 0 Å². The van der Waals surface area contributed by atoms with Crippen LogP contribution in [0.25, 0.3) is 5.70 Å². The third-order valence-electron chi connectivity index (χ3n) is 3.46. The first-order valence-corrected chi connectivity index (χ1v) is 8.71. The summed E-state index contributed by atoms with van der Waals surface area (Å²) in [5.74, 6) is -0.190. The summed E-state index contributed by atoms with van der Waals surface area (Å²) in [6.45, 7) is 3.69. The van der Waals surface area contributed by atoms with Crippen molar-refractivity contribution in [3.05, 3.63) is 40.5 Å². The maximum atomic E-state index is 12.4. The summed E-state index contributed by atoms with van der Waals surface area (Å²) >= 11 is 3.18. The fourth-order valence-electron chi connectivity index (χ4n) is 2.47. The average Bonchev–Trinajstić information content (AvgIpc) is 3.13. The molecule has 0 saturated heterocycles. The zero-order valence-corrected chi connectivity index (χ0v) is 15.6. The lowest BCUT2D eigenvalue weighted by Crippen LogP contribution is -2.26. The molecule has 8 heteroatoms. The highest BCUT2D eigenvalue weighted by Crippen LogP contribution is 2.27. The van der Waals surface area contributed by atoms with Crippen LogP contribution in [0.2, 0.25) is 0 Å². The van der Waals surface area contributed by atoms with Gasteiger partial charge in [0.2, 0.25) is 0 Å². The van der Waals surface area contributed by atoms with E-state index in [1.807, 2.05) is 12.3 Å². The predicted molar refractivity (Wildman–Crippen MR) is 98.6 cm³/mol. The number of rotatable bonds is 5. The topological polar surface area (TPSA) is 92.7 Å². The highest BCUT2D eigenvalue weighted by atomic mass is 79.9. The van der Waals surface area contributed by atoms with Crippen molar-refractivity contribution in [1.82, 2.24) is 9.78 Å². The third kappa shape index (κ3) is 4.46. The van der Waals surface area contributed by atoms with Gasteiger partial charge in [-0.2, -0.15) is 5.10 Å². The average molecular weight is 407 g/mol. The van der Waals surface area contributed by atoms with Crippen molar-refractivity contribution in [2.24, 2.45) is 4.99 Å². The fourth-order valence-corrected chi connectivity index (χ4v) is 2.77. The van der Waals surface area contributed by atoms with Crippen LogP contribution >= 0.6 is 15.9 Å². The molecular weight excluding hydrogens is 388 g/mol. The van der Waals surface area contributed by atoms with Crippen molar-refractivity contribution in [3.8, 4) is 0 Å². The number of halogens is 1. The van der Waals surface area contributed by atoms with Crippen molar-refractivity contribution in [1.29, 1.82) is 0 Å². The lowest BCUT2D eigenvalue weighted by atomic mass is 10.1. The van der Waals surface area contributed by atoms with E-state index in [1.54, 1.807) is 36.9 Å². The summed E-state index contributed by atoms with van der Waals surface area (Å²) < 4.78 is 7.37. The number of hydrogen-bond donors (Lipinski definition) is 2. The second-order valence-corrected chi connectivity index (χ2v) is 7.22. The van der Waals surface area contributed by atoms with Crippen molar-refractivity contribution in [2.75, 3.05) is 5.32 Å². The number of carbonyl (C=O) groups excluding carboxylic acids is 1. The molecule has 0 atom stereocenters. The first kappa shape index (κ1) is 17.6. The Hall–Kier alpha value is -2.19. The zero-order valence-electron chi connectivity index (χ0n) is 14.0. The Labute approximate surface area is 153 Å². The summed E-state index contributed by atoms with van der Waals surface area (Å²) in [5.41, 5.74) is 0.864. The van der Waals surface area contributed by atoms with E-state index in [0.29, 0.717) is 28.3 Å². The van der Waals surface area contributed by atoms with Gasteiger partial charge in [-0.05, 0) is 54.8 Å². The minimum Gasteiger partial charge on any atom is -0.444 e. The molecule has 1 aliphatic heterocycles. The standard InChI is InChI=1S/C17H19BrN4O3/c1-17(2,24)10-22-9-12(15(21-22)11-5-3-4-8-19-11)20-16(23)13-6-7-14(18)25-13/h5-9,24H,3-4,10H2,1-2H3,(H,20,23). The first-order chi connectivity index (χ1) is 11.8. The summed E-state index contributed by atoms with van der Waals surface area (Å²) in [4.78, 5) is 16.8. The number of aliphatic imine (C=N–C) groups is 1. The van der Waals surface area contributed by atoms with Gasteiger partial charge in [0, 0.05) is 12.4 Å². The van der Waals surface area contributed by atoms with Gasteiger partial charge in [-0.3, -0.25) is 14.5 Å². The van der Waals surface area contributed by atoms with Gasteiger partial charge in [0.25, 0.3) is 5.91 Å². The molecule has 2 N–H and O–H groups in total. The molecule has 2 aromatic heterocycles. The lowest BCUT2D eigenvalue weighted by Gasteiger charge is -2.16. The van der Waals surface area contributed by atoms with Gasteiger partial charge in [0.05, 0.1) is 23.5 Å². The fraction of sp³-hybridized carbons (Fsp3) is 0.353. The predicted octanol–water partition coefficient (Wildman–Crippen LogP) is 3.47. The Bertz CT molecular complexity index is 842. The Morgan fingerprint density at radius 2 is 2.24 bits per heavy atom. The molecule has 25 heavy (non-hydrogen) atoms. The van der Waals surface area contributed by atoms with Gasteiger partial charge in [0.1, 0.15) is 5.69 Å². The van der Waals surface area contributed by atoms with Gasteiger partial charge < -0.3 is 14.8 Å². The summed E-state index contributed by atoms with van der Waals surface area (Å²) in [6.07, 6.45) is 7.26. The second kappa shape index (κ2) is 6.97. The number of amides is 1. The van der Waals surface area contributed by atoms with Crippen LogP contribution in [0.3, 0.4) is 0 Å². The van der Waals surface area contributed by atoms with E-state index in [4.69, 9.17) is 4.42 Å². The summed E-state index contributed by atoms with van der Waals surface area (Å²) in [5, 5.41) is 17.3. The van der Waals surface area contributed by atoms with Crippen molar-refractivity contribution >= 4 is 39.4 Å². The molecule has 0 aromatic carbocycles. The normalized spacial score (nSPS) is 14.5. The summed E-state index contributed by atoms with van der Waals surface area (Å²) in [7, 11) is 0. The number of nitrogens with zero attached hydrogens (tertiary/aromatic N) is 3. The minimum atomic E-state index is -0.930. The molecule has 0 fully saturated rings. The Morgan fingerprint density at radius 3 is 2.84 bits per heavy atom. The quantitative estimate of drug-likeness (QED) is 0.794. The van der Waals surface area contributed by atoms with Gasteiger partial charge >= 0.3 is 0 Å². The lowest BCUT2D eigenvalue weighted by molar-refractivity contribution is 0.0577. The van der Waals surface area contributed by atoms with Crippen LogP contribution in [0.1, 0.15) is 42.9 Å². The molecular formula is C17H19BrN4O3. The number of hydrogen-bond acceptors (Lipinski definition) is 5. The van der Waals surface area contributed by atoms with Crippen LogP contribution < -0.4 is 5.32 Å². The molecule has 1 aliphatic rings. The number of aliphatic hydroxyl groups is 1. The minimum absolute atomic E-state index is 0.189. The number of aromatic nitrogens is 2. The van der Waals surface area contributed by atoms with E-state index in [2.05, 4.69) is 31.3 Å². The molecule has 0 saturated carbocycles. The third-order valence-corrected chi connectivity index (χ3v) is 3.89. The van der Waals surface area contributed by atoms with Crippen LogP contribution in [0.15, 0.2) is 38.5 Å². The van der Waals surface area contributed by atoms with Crippen LogP contribution in [-0.4, -0.2) is 32.6 Å². The molecule has 0 bridgehead atoms. The Morgan fingerprint density at radius 1 is 1.44 bits per heavy atom. The number of anilines is 1. The van der Waals surface area contributed by atoms with E-state index in [-0.39, 0.29) is 11.7 Å². The van der Waals surface area contributed by atoms with E-state index in [1.165, 1.54) is 0 Å². The number of furan rings is 1. The van der Waals surface area contributed by atoms with Gasteiger partial charge in [0.15, 0.2) is 10.4 Å². The van der Waals surface area contributed by atoms with Crippen molar-refractivity contribution in [3.63, 3.8) is 0 Å². The maximum Gasteiger partial charge on any atom is 0.291 e. The van der Waals surface area contributed by atoms with E-state index >= 15 is 0 Å². The van der Waals surface area contributed by atoms with Crippen LogP contribution in [0.4, 0.5) is 5.69 Å². The first-order valence-electron chi connectivity index (χ1n) is 7.91. The van der Waals surface area contributed by atoms with Crippen molar-refractivity contribution < 1.29 is 14.3 Å². The monoisotopic (exact) mass is 406 g/mol. The number of allylic oxidation sites excluding steroid dienone is 1. The van der Waals surface area contributed by atoms with Crippen LogP contribution in [-0.2, 0) is 6.54 Å². The molecule has 3 rings (SSSR count). The zero-order chi connectivity index (χ0) is 18.0. The highest BCUT2D eigenvalue weighted by molar-refractivity contribution is 9.10. The smallest absolute Gasteiger partial charge is 0.291 e. The Balaban J connectivity index is 1.91. The second-order valence-electron chi connectivity index (χ2n) is 6.44. The van der Waals surface area contributed by atoms with Gasteiger partial charge in [-0.25, -0.2) is 0 Å².